The highest BCUT2D eigenvalue weighted by atomic mass is 16.3. The van der Waals surface area contributed by atoms with Crippen LogP contribution in [0.5, 0.6) is 0 Å². The van der Waals surface area contributed by atoms with Crippen LogP contribution < -0.4 is 0 Å². The summed E-state index contributed by atoms with van der Waals surface area (Å²) in [6.45, 7) is 3.69. The van der Waals surface area contributed by atoms with Crippen LogP contribution in [0.4, 0.5) is 0 Å². The quantitative estimate of drug-likeness (QED) is 0.779. The van der Waals surface area contributed by atoms with E-state index in [2.05, 4.69) is 29.2 Å². The molecule has 2 heteroatoms. The number of likely N-dealkylation sites (tertiary alicyclic amines) is 1. The first-order valence-corrected chi connectivity index (χ1v) is 5.25. The Labute approximate surface area is 85.2 Å². The van der Waals surface area contributed by atoms with E-state index in [9.17, 15) is 0 Å². The molecule has 1 aliphatic heterocycles. The van der Waals surface area contributed by atoms with E-state index < -0.39 is 0 Å². The Morgan fingerprint density at radius 3 is 2.57 bits per heavy atom. The summed E-state index contributed by atoms with van der Waals surface area (Å²) in [5.74, 6) is 0.726. The Hall–Kier alpha value is -0.860. The van der Waals surface area contributed by atoms with Gasteiger partial charge in [0.15, 0.2) is 0 Å². The maximum atomic E-state index is 8.76. The molecule has 0 aliphatic carbocycles. The number of nitrogens with zero attached hydrogens (tertiary/aromatic N) is 1. The Morgan fingerprint density at radius 2 is 1.93 bits per heavy atom. The number of hydrogen-bond acceptors (Lipinski definition) is 2. The fourth-order valence-electron chi connectivity index (χ4n) is 2.01. The molecule has 14 heavy (non-hydrogen) atoms. The molecule has 0 saturated carbocycles. The third kappa shape index (κ3) is 2.34. The van der Waals surface area contributed by atoms with E-state index in [1.165, 1.54) is 5.56 Å². The third-order valence-electron chi connectivity index (χ3n) is 2.82. The summed E-state index contributed by atoms with van der Waals surface area (Å²) in [5, 5.41) is 8.76. The van der Waals surface area contributed by atoms with Crippen LogP contribution >= 0.6 is 0 Å². The molecule has 76 valence electrons. The van der Waals surface area contributed by atoms with Crippen LogP contribution in [0, 0.1) is 5.92 Å². The summed E-state index contributed by atoms with van der Waals surface area (Å²) >= 11 is 0. The second-order valence-electron chi connectivity index (χ2n) is 4.06. The van der Waals surface area contributed by atoms with E-state index >= 15 is 0 Å². The molecular weight excluding hydrogens is 174 g/mol. The topological polar surface area (TPSA) is 23.5 Å². The van der Waals surface area contributed by atoms with Gasteiger partial charge in [-0.25, -0.2) is 0 Å². The Kier molecular flexibility index (Phi) is 3.17. The molecule has 0 bridgehead atoms. The largest absolute Gasteiger partial charge is 0.396 e. The number of benzene rings is 1. The van der Waals surface area contributed by atoms with Gasteiger partial charge < -0.3 is 5.11 Å². The Bertz CT molecular complexity index is 267. The minimum atomic E-state index is 0.337. The molecule has 0 unspecified atom stereocenters. The van der Waals surface area contributed by atoms with Crippen molar-refractivity contribution in [2.75, 3.05) is 19.7 Å². The molecule has 1 saturated heterocycles. The molecule has 0 atom stereocenters. The van der Waals surface area contributed by atoms with Gasteiger partial charge in [-0.15, -0.1) is 0 Å². The maximum Gasteiger partial charge on any atom is 0.0434 e. The lowest BCUT2D eigenvalue weighted by atomic mass is 9.96. The van der Waals surface area contributed by atoms with Gasteiger partial charge in [0.05, 0.1) is 0 Å². The van der Waals surface area contributed by atoms with Crippen LogP contribution in [0.2, 0.25) is 0 Å². The van der Waals surface area contributed by atoms with Crippen LogP contribution in [-0.4, -0.2) is 29.7 Å². The number of rotatable bonds is 4. The van der Waals surface area contributed by atoms with Gasteiger partial charge in [-0.05, 0) is 17.9 Å². The van der Waals surface area contributed by atoms with Gasteiger partial charge in [-0.1, -0.05) is 30.3 Å². The lowest BCUT2D eigenvalue weighted by molar-refractivity contribution is 0.0723. The predicted octanol–water partition coefficient (Wildman–Crippen LogP) is 1.50. The van der Waals surface area contributed by atoms with E-state index in [4.69, 9.17) is 5.11 Å². The summed E-state index contributed by atoms with van der Waals surface area (Å²) in [6, 6.07) is 10.5. The summed E-state index contributed by atoms with van der Waals surface area (Å²) in [6.07, 6.45) is 0.964. The highest BCUT2D eigenvalue weighted by molar-refractivity contribution is 5.14. The molecule has 0 radical (unpaired) electrons. The first-order valence-electron chi connectivity index (χ1n) is 5.25. The van der Waals surface area contributed by atoms with Crippen LogP contribution in [0.1, 0.15) is 12.0 Å². The van der Waals surface area contributed by atoms with Crippen molar-refractivity contribution >= 4 is 0 Å². The normalized spacial score (nSPS) is 18.1. The molecule has 2 rings (SSSR count). The van der Waals surface area contributed by atoms with Gasteiger partial charge in [-0.3, -0.25) is 4.90 Å². The first-order chi connectivity index (χ1) is 6.88. The second-order valence-corrected chi connectivity index (χ2v) is 4.06. The summed E-state index contributed by atoms with van der Waals surface area (Å²) in [5.41, 5.74) is 1.38. The molecule has 1 aromatic rings. The summed E-state index contributed by atoms with van der Waals surface area (Å²) in [7, 11) is 0. The number of aliphatic hydroxyl groups excluding tert-OH is 1. The van der Waals surface area contributed by atoms with Crippen molar-refractivity contribution in [1.29, 1.82) is 0 Å². The minimum Gasteiger partial charge on any atom is -0.396 e. The first kappa shape index (κ1) is 9.69. The van der Waals surface area contributed by atoms with Crippen LogP contribution in [0.15, 0.2) is 30.3 Å². The molecular formula is C12H17NO. The average molecular weight is 191 g/mol. The van der Waals surface area contributed by atoms with E-state index in [1.54, 1.807) is 0 Å². The van der Waals surface area contributed by atoms with Crippen LogP contribution in [-0.2, 0) is 6.54 Å². The molecule has 1 heterocycles. The van der Waals surface area contributed by atoms with Crippen LogP contribution in [0.25, 0.3) is 0 Å². The predicted molar refractivity (Wildman–Crippen MR) is 56.9 cm³/mol. The molecule has 0 aromatic heterocycles. The molecule has 2 nitrogen and oxygen atoms in total. The van der Waals surface area contributed by atoms with Gasteiger partial charge in [-0.2, -0.15) is 0 Å². The smallest absolute Gasteiger partial charge is 0.0434 e. The summed E-state index contributed by atoms with van der Waals surface area (Å²) < 4.78 is 0. The second kappa shape index (κ2) is 4.58. The highest BCUT2D eigenvalue weighted by Crippen LogP contribution is 2.20. The number of aliphatic hydroxyl groups is 1. The fraction of sp³-hybridized carbons (Fsp3) is 0.500. The SMILES string of the molecule is OCCC1CN(Cc2ccccc2)C1. The molecule has 1 N–H and O–H groups in total. The zero-order valence-electron chi connectivity index (χ0n) is 8.39. The van der Waals surface area contributed by atoms with E-state index in [0.29, 0.717) is 6.61 Å². The van der Waals surface area contributed by atoms with Gasteiger partial charge in [0, 0.05) is 26.2 Å². The van der Waals surface area contributed by atoms with Gasteiger partial charge in [0.25, 0.3) is 0 Å². The van der Waals surface area contributed by atoms with Gasteiger partial charge in [0.1, 0.15) is 0 Å². The van der Waals surface area contributed by atoms with Crippen molar-refractivity contribution in [3.63, 3.8) is 0 Å². The number of hydrogen-bond donors (Lipinski definition) is 1. The van der Waals surface area contributed by atoms with Gasteiger partial charge >= 0.3 is 0 Å². The van der Waals surface area contributed by atoms with Crippen molar-refractivity contribution in [3.8, 4) is 0 Å². The van der Waals surface area contributed by atoms with Crippen LogP contribution in [0.3, 0.4) is 0 Å². The minimum absolute atomic E-state index is 0.337. The molecule has 1 fully saturated rings. The molecule has 1 aliphatic rings. The van der Waals surface area contributed by atoms with Crippen molar-refractivity contribution in [1.82, 2.24) is 4.90 Å². The molecule has 1 aromatic carbocycles. The third-order valence-corrected chi connectivity index (χ3v) is 2.82. The fourth-order valence-corrected chi connectivity index (χ4v) is 2.01. The monoisotopic (exact) mass is 191 g/mol. The zero-order valence-corrected chi connectivity index (χ0v) is 8.39. The average Bonchev–Trinajstić information content (AvgIpc) is 2.16. The Balaban J connectivity index is 1.74. The van der Waals surface area contributed by atoms with Crippen molar-refractivity contribution in [2.24, 2.45) is 5.92 Å². The van der Waals surface area contributed by atoms with E-state index in [1.807, 2.05) is 6.07 Å². The van der Waals surface area contributed by atoms with E-state index in [0.717, 1.165) is 32.0 Å². The molecule has 0 spiro atoms. The van der Waals surface area contributed by atoms with Crippen molar-refractivity contribution in [3.05, 3.63) is 35.9 Å². The summed E-state index contributed by atoms with van der Waals surface area (Å²) in [4.78, 5) is 2.43. The van der Waals surface area contributed by atoms with Crippen molar-refractivity contribution < 1.29 is 5.11 Å². The lowest BCUT2D eigenvalue weighted by Gasteiger charge is -2.39. The van der Waals surface area contributed by atoms with Crippen molar-refractivity contribution in [2.45, 2.75) is 13.0 Å². The highest BCUT2D eigenvalue weighted by Gasteiger charge is 2.25. The lowest BCUT2D eigenvalue weighted by Crippen LogP contribution is -2.46. The standard InChI is InChI=1S/C12H17NO/c14-7-6-12-9-13(10-12)8-11-4-2-1-3-5-11/h1-5,12,14H,6-10H2. The Morgan fingerprint density at radius 1 is 1.21 bits per heavy atom. The maximum absolute atomic E-state index is 8.76. The van der Waals surface area contributed by atoms with Gasteiger partial charge in [0.2, 0.25) is 0 Å². The zero-order chi connectivity index (χ0) is 9.80. The van der Waals surface area contributed by atoms with E-state index in [-0.39, 0.29) is 0 Å². The molecule has 0 amide bonds.